The van der Waals surface area contributed by atoms with Gasteiger partial charge in [-0.25, -0.2) is 0 Å². The second-order valence-corrected chi connectivity index (χ2v) is 5.83. The number of ether oxygens (including phenoxy) is 1. The molecule has 0 bridgehead atoms. The first kappa shape index (κ1) is 14.4. The van der Waals surface area contributed by atoms with Crippen molar-refractivity contribution < 1.29 is 9.84 Å². The first-order valence-corrected chi connectivity index (χ1v) is 7.57. The van der Waals surface area contributed by atoms with E-state index in [9.17, 15) is 5.11 Å². The summed E-state index contributed by atoms with van der Waals surface area (Å²) in [5, 5.41) is 9.87. The molecule has 0 amide bonds. The minimum absolute atomic E-state index is 0.318. The third kappa shape index (κ3) is 3.50. The fourth-order valence-corrected chi connectivity index (χ4v) is 3.05. The van der Waals surface area contributed by atoms with E-state index in [1.807, 2.05) is 12.1 Å². The van der Waals surface area contributed by atoms with Crippen molar-refractivity contribution in [3.05, 3.63) is 29.3 Å². The van der Waals surface area contributed by atoms with Gasteiger partial charge < -0.3 is 9.84 Å². The number of aliphatic hydroxyl groups excluding tert-OH is 1. The minimum atomic E-state index is -0.473. The molecule has 106 valence electrons. The molecule has 1 N–H and O–H groups in total. The highest BCUT2D eigenvalue weighted by Crippen LogP contribution is 2.33. The highest BCUT2D eigenvalue weighted by molar-refractivity contribution is 5.38. The van der Waals surface area contributed by atoms with Gasteiger partial charge in [-0.05, 0) is 57.1 Å². The van der Waals surface area contributed by atoms with Crippen molar-refractivity contribution in [2.24, 2.45) is 5.92 Å². The molecule has 0 heterocycles. The van der Waals surface area contributed by atoms with Gasteiger partial charge in [-0.3, -0.25) is 0 Å². The lowest BCUT2D eigenvalue weighted by Gasteiger charge is -2.32. The molecule has 2 nitrogen and oxygen atoms in total. The Bertz CT molecular complexity index is 412. The molecule has 0 aromatic heterocycles. The van der Waals surface area contributed by atoms with Gasteiger partial charge in [0.15, 0.2) is 0 Å². The van der Waals surface area contributed by atoms with Gasteiger partial charge in [0, 0.05) is 5.56 Å². The highest BCUT2D eigenvalue weighted by Gasteiger charge is 2.26. The average Bonchev–Trinajstić information content (AvgIpc) is 2.39. The molecular formula is C17H26O2. The Morgan fingerprint density at radius 3 is 2.74 bits per heavy atom. The SMILES string of the molecule is CCC1CCCCC1Oc1cc(C)ccc1[C@H](C)O. The van der Waals surface area contributed by atoms with Crippen molar-refractivity contribution >= 4 is 0 Å². The molecule has 2 rings (SSSR count). The molecule has 0 saturated heterocycles. The summed E-state index contributed by atoms with van der Waals surface area (Å²) in [6.45, 7) is 6.12. The van der Waals surface area contributed by atoms with Crippen LogP contribution in [-0.2, 0) is 0 Å². The Kier molecular flexibility index (Phi) is 4.87. The summed E-state index contributed by atoms with van der Waals surface area (Å²) in [4.78, 5) is 0. The van der Waals surface area contributed by atoms with Gasteiger partial charge in [0.25, 0.3) is 0 Å². The highest BCUT2D eigenvalue weighted by atomic mass is 16.5. The quantitative estimate of drug-likeness (QED) is 0.871. The maximum Gasteiger partial charge on any atom is 0.125 e. The zero-order valence-corrected chi connectivity index (χ0v) is 12.4. The van der Waals surface area contributed by atoms with Crippen molar-refractivity contribution in [1.82, 2.24) is 0 Å². The van der Waals surface area contributed by atoms with E-state index in [0.29, 0.717) is 12.0 Å². The van der Waals surface area contributed by atoms with Crippen LogP contribution in [0.1, 0.15) is 63.2 Å². The van der Waals surface area contributed by atoms with E-state index >= 15 is 0 Å². The maximum atomic E-state index is 9.87. The monoisotopic (exact) mass is 262 g/mol. The molecule has 1 aliphatic carbocycles. The van der Waals surface area contributed by atoms with Crippen LogP contribution >= 0.6 is 0 Å². The first-order chi connectivity index (χ1) is 9.11. The van der Waals surface area contributed by atoms with Crippen molar-refractivity contribution in [2.75, 3.05) is 0 Å². The predicted octanol–water partition coefficient (Wildman–Crippen LogP) is 4.40. The summed E-state index contributed by atoms with van der Waals surface area (Å²) < 4.78 is 6.27. The summed E-state index contributed by atoms with van der Waals surface area (Å²) in [5.74, 6) is 1.54. The van der Waals surface area contributed by atoms with Crippen LogP contribution in [0.2, 0.25) is 0 Å². The van der Waals surface area contributed by atoms with Crippen LogP contribution in [0.3, 0.4) is 0 Å². The molecule has 1 aromatic carbocycles. The molecule has 19 heavy (non-hydrogen) atoms. The third-order valence-electron chi connectivity index (χ3n) is 4.26. The van der Waals surface area contributed by atoms with Gasteiger partial charge in [-0.15, -0.1) is 0 Å². The Balaban J connectivity index is 2.19. The Morgan fingerprint density at radius 1 is 1.32 bits per heavy atom. The van der Waals surface area contributed by atoms with E-state index in [1.54, 1.807) is 6.92 Å². The van der Waals surface area contributed by atoms with Crippen molar-refractivity contribution in [3.63, 3.8) is 0 Å². The standard InChI is InChI=1S/C17H26O2/c1-4-14-7-5-6-8-16(14)19-17-11-12(2)9-10-15(17)13(3)18/h9-11,13-14,16,18H,4-8H2,1-3H3/t13-,14?,16?/m0/s1. The second kappa shape index (κ2) is 6.42. The third-order valence-corrected chi connectivity index (χ3v) is 4.26. The average molecular weight is 262 g/mol. The Morgan fingerprint density at radius 2 is 2.05 bits per heavy atom. The van der Waals surface area contributed by atoms with E-state index in [0.717, 1.165) is 17.7 Å². The molecule has 0 radical (unpaired) electrons. The van der Waals surface area contributed by atoms with Crippen LogP contribution in [0.4, 0.5) is 0 Å². The summed E-state index contributed by atoms with van der Waals surface area (Å²) in [6.07, 6.45) is 6.03. The zero-order chi connectivity index (χ0) is 13.8. The molecular weight excluding hydrogens is 236 g/mol. The zero-order valence-electron chi connectivity index (χ0n) is 12.4. The van der Waals surface area contributed by atoms with Crippen LogP contribution in [-0.4, -0.2) is 11.2 Å². The maximum absolute atomic E-state index is 9.87. The van der Waals surface area contributed by atoms with Gasteiger partial charge in [-0.1, -0.05) is 25.5 Å². The Labute approximate surface area is 116 Å². The molecule has 1 fully saturated rings. The molecule has 2 heteroatoms. The molecule has 0 spiro atoms. The van der Waals surface area contributed by atoms with Crippen LogP contribution in [0.25, 0.3) is 0 Å². The fourth-order valence-electron chi connectivity index (χ4n) is 3.05. The van der Waals surface area contributed by atoms with Gasteiger partial charge >= 0.3 is 0 Å². The number of rotatable bonds is 4. The Hall–Kier alpha value is -1.02. The lowest BCUT2D eigenvalue weighted by Crippen LogP contribution is -2.30. The van der Waals surface area contributed by atoms with E-state index < -0.39 is 6.10 Å². The van der Waals surface area contributed by atoms with Gasteiger partial charge in [0.2, 0.25) is 0 Å². The number of hydrogen-bond acceptors (Lipinski definition) is 2. The van der Waals surface area contributed by atoms with E-state index in [1.165, 1.54) is 31.2 Å². The van der Waals surface area contributed by atoms with Crippen molar-refractivity contribution in [3.8, 4) is 5.75 Å². The lowest BCUT2D eigenvalue weighted by atomic mass is 9.84. The van der Waals surface area contributed by atoms with Crippen LogP contribution in [0.5, 0.6) is 5.75 Å². The summed E-state index contributed by atoms with van der Waals surface area (Å²) in [6, 6.07) is 6.08. The number of aryl methyl sites for hydroxylation is 1. The van der Waals surface area contributed by atoms with E-state index in [-0.39, 0.29) is 0 Å². The van der Waals surface area contributed by atoms with Gasteiger partial charge in [0.05, 0.1) is 6.10 Å². The largest absolute Gasteiger partial charge is 0.490 e. The lowest BCUT2D eigenvalue weighted by molar-refractivity contribution is 0.0854. The molecule has 0 aliphatic heterocycles. The van der Waals surface area contributed by atoms with Gasteiger partial charge in [-0.2, -0.15) is 0 Å². The smallest absolute Gasteiger partial charge is 0.125 e. The summed E-state index contributed by atoms with van der Waals surface area (Å²) in [5.41, 5.74) is 2.09. The molecule has 1 aliphatic rings. The van der Waals surface area contributed by atoms with Gasteiger partial charge in [0.1, 0.15) is 11.9 Å². The molecule has 2 unspecified atom stereocenters. The number of hydrogen-bond donors (Lipinski definition) is 1. The number of benzene rings is 1. The van der Waals surface area contributed by atoms with Crippen LogP contribution < -0.4 is 4.74 Å². The normalized spacial score (nSPS) is 25.1. The number of aliphatic hydroxyl groups is 1. The summed E-state index contributed by atoms with van der Waals surface area (Å²) >= 11 is 0. The van der Waals surface area contributed by atoms with Crippen molar-refractivity contribution in [1.29, 1.82) is 0 Å². The second-order valence-electron chi connectivity index (χ2n) is 5.83. The van der Waals surface area contributed by atoms with E-state index in [4.69, 9.17) is 4.74 Å². The predicted molar refractivity (Wildman–Crippen MR) is 78.5 cm³/mol. The fraction of sp³-hybridized carbons (Fsp3) is 0.647. The molecule has 3 atom stereocenters. The van der Waals surface area contributed by atoms with Crippen molar-refractivity contribution in [2.45, 2.75) is 65.1 Å². The van der Waals surface area contributed by atoms with Crippen LogP contribution in [0.15, 0.2) is 18.2 Å². The van der Waals surface area contributed by atoms with Crippen LogP contribution in [0, 0.1) is 12.8 Å². The topological polar surface area (TPSA) is 29.5 Å². The molecule has 1 aromatic rings. The molecule has 1 saturated carbocycles. The minimum Gasteiger partial charge on any atom is -0.490 e. The van der Waals surface area contributed by atoms with E-state index in [2.05, 4.69) is 19.9 Å². The first-order valence-electron chi connectivity index (χ1n) is 7.57. The summed E-state index contributed by atoms with van der Waals surface area (Å²) in [7, 11) is 0.